The van der Waals surface area contributed by atoms with Crippen LogP contribution in [0.1, 0.15) is 17.3 Å². The lowest BCUT2D eigenvalue weighted by Crippen LogP contribution is -1.98. The molecule has 0 radical (unpaired) electrons. The number of aryl methyl sites for hydroxylation is 1. The molecule has 0 unspecified atom stereocenters. The van der Waals surface area contributed by atoms with Gasteiger partial charge in [-0.2, -0.15) is 0 Å². The molecule has 1 N–H and O–H groups in total. The number of carbonyl (C=O) groups is 1. The van der Waals surface area contributed by atoms with E-state index in [1.54, 1.807) is 16.7 Å². The third-order valence-corrected chi connectivity index (χ3v) is 3.77. The molecule has 0 aliphatic rings. The smallest absolute Gasteiger partial charge is 0.339 e. The zero-order valence-electron chi connectivity index (χ0n) is 8.80. The number of aromatic nitrogens is 1. The van der Waals surface area contributed by atoms with Crippen molar-refractivity contribution in [1.82, 2.24) is 4.57 Å². The molecule has 0 bridgehead atoms. The number of nitrogens with zero attached hydrogens (tertiary/aromatic N) is 1. The third kappa shape index (κ3) is 1.79. The number of hydrogen-bond donors (Lipinski definition) is 1. The summed E-state index contributed by atoms with van der Waals surface area (Å²) in [6.07, 6.45) is 0. The number of halogens is 3. The van der Waals surface area contributed by atoms with E-state index in [1.807, 2.05) is 6.92 Å². The van der Waals surface area contributed by atoms with Crippen molar-refractivity contribution in [2.45, 2.75) is 13.5 Å². The molecule has 2 rings (SSSR count). The molecule has 0 amide bonds. The van der Waals surface area contributed by atoms with Gasteiger partial charge in [-0.1, -0.05) is 40.9 Å². The second kappa shape index (κ2) is 4.41. The van der Waals surface area contributed by atoms with Crippen LogP contribution >= 0.6 is 34.8 Å². The van der Waals surface area contributed by atoms with Gasteiger partial charge in [0.25, 0.3) is 0 Å². The molecule has 0 fully saturated rings. The van der Waals surface area contributed by atoms with E-state index >= 15 is 0 Å². The number of rotatable bonds is 2. The Morgan fingerprint density at radius 1 is 1.35 bits per heavy atom. The van der Waals surface area contributed by atoms with Gasteiger partial charge in [-0.05, 0) is 13.0 Å². The first-order valence-corrected chi connectivity index (χ1v) is 6.01. The Morgan fingerprint density at radius 2 is 2.00 bits per heavy atom. The van der Waals surface area contributed by atoms with Gasteiger partial charge in [0, 0.05) is 11.9 Å². The Morgan fingerprint density at radius 3 is 2.53 bits per heavy atom. The lowest BCUT2D eigenvalue weighted by Gasteiger charge is -2.04. The number of hydrogen-bond acceptors (Lipinski definition) is 1. The summed E-state index contributed by atoms with van der Waals surface area (Å²) >= 11 is 18.1. The van der Waals surface area contributed by atoms with Crippen LogP contribution in [-0.2, 0) is 6.54 Å². The zero-order valence-corrected chi connectivity index (χ0v) is 11.1. The van der Waals surface area contributed by atoms with Gasteiger partial charge in [0.15, 0.2) is 0 Å². The fraction of sp³-hybridized carbons (Fsp3) is 0.182. The first kappa shape index (κ1) is 12.6. The Labute approximate surface area is 112 Å². The molecule has 0 saturated heterocycles. The molecule has 3 nitrogen and oxygen atoms in total. The molecule has 90 valence electrons. The molecule has 2 aromatic rings. The fourth-order valence-corrected chi connectivity index (χ4v) is 2.66. The van der Waals surface area contributed by atoms with Crippen molar-refractivity contribution in [1.29, 1.82) is 0 Å². The number of benzene rings is 1. The lowest BCUT2D eigenvalue weighted by molar-refractivity contribution is 0.0699. The first-order valence-electron chi connectivity index (χ1n) is 4.88. The molecule has 1 aromatic carbocycles. The van der Waals surface area contributed by atoms with Crippen LogP contribution in [0.25, 0.3) is 10.9 Å². The molecule has 0 spiro atoms. The van der Waals surface area contributed by atoms with Gasteiger partial charge in [0.05, 0.1) is 15.6 Å². The van der Waals surface area contributed by atoms with Gasteiger partial charge < -0.3 is 9.67 Å². The molecule has 0 aliphatic heterocycles. The molecular weight excluding hydrogens is 284 g/mol. The third-order valence-electron chi connectivity index (χ3n) is 2.58. The van der Waals surface area contributed by atoms with Crippen LogP contribution in [0.2, 0.25) is 15.2 Å². The maximum atomic E-state index is 11.2. The summed E-state index contributed by atoms with van der Waals surface area (Å²) < 4.78 is 1.63. The van der Waals surface area contributed by atoms with Gasteiger partial charge in [-0.3, -0.25) is 0 Å². The zero-order chi connectivity index (χ0) is 12.7. The maximum Gasteiger partial charge on any atom is 0.339 e. The predicted octanol–water partition coefficient (Wildman–Crippen LogP) is 4.32. The molecular formula is C11H8Cl3NO2. The van der Waals surface area contributed by atoms with E-state index in [0.29, 0.717) is 27.5 Å². The van der Waals surface area contributed by atoms with Gasteiger partial charge in [-0.15, -0.1) is 0 Å². The topological polar surface area (TPSA) is 42.2 Å². The van der Waals surface area contributed by atoms with Crippen LogP contribution in [-0.4, -0.2) is 15.6 Å². The van der Waals surface area contributed by atoms with Crippen LogP contribution in [0.3, 0.4) is 0 Å². The standard InChI is InChI=1S/C11H8Cl3NO2/c1-2-15-9-5(3-4-6(12)8(9)13)7(10(15)14)11(16)17/h3-4H,2H2,1H3,(H,16,17). The van der Waals surface area contributed by atoms with Gasteiger partial charge in [0.2, 0.25) is 0 Å². The van der Waals surface area contributed by atoms with Crippen molar-refractivity contribution in [3.8, 4) is 0 Å². The summed E-state index contributed by atoms with van der Waals surface area (Å²) in [6.45, 7) is 2.37. The van der Waals surface area contributed by atoms with E-state index in [-0.39, 0.29) is 10.7 Å². The fourth-order valence-electron chi connectivity index (χ4n) is 1.85. The number of carboxylic acid groups (broad SMARTS) is 1. The largest absolute Gasteiger partial charge is 0.478 e. The Kier molecular flexibility index (Phi) is 3.25. The number of fused-ring (bicyclic) bond motifs is 1. The average molecular weight is 293 g/mol. The van der Waals surface area contributed by atoms with E-state index in [4.69, 9.17) is 39.9 Å². The molecule has 6 heteroatoms. The van der Waals surface area contributed by atoms with E-state index in [2.05, 4.69) is 0 Å². The van der Waals surface area contributed by atoms with Crippen LogP contribution < -0.4 is 0 Å². The van der Waals surface area contributed by atoms with Crippen LogP contribution in [0.5, 0.6) is 0 Å². The summed E-state index contributed by atoms with van der Waals surface area (Å²) in [5.74, 6) is -1.08. The Balaban J connectivity index is 3.00. The molecule has 1 heterocycles. The highest BCUT2D eigenvalue weighted by atomic mass is 35.5. The minimum atomic E-state index is -1.08. The monoisotopic (exact) mass is 291 g/mol. The Hall–Kier alpha value is -0.900. The summed E-state index contributed by atoms with van der Waals surface area (Å²) in [6, 6.07) is 3.18. The quantitative estimate of drug-likeness (QED) is 0.895. The SMILES string of the molecule is CCn1c(Cl)c(C(=O)O)c2ccc(Cl)c(Cl)c21. The molecule has 0 aliphatic carbocycles. The highest BCUT2D eigenvalue weighted by molar-refractivity contribution is 6.46. The summed E-state index contributed by atoms with van der Waals surface area (Å²) in [5, 5.41) is 10.5. The van der Waals surface area contributed by atoms with Crippen molar-refractivity contribution in [3.05, 3.63) is 32.9 Å². The highest BCUT2D eigenvalue weighted by Gasteiger charge is 2.22. The summed E-state index contributed by atoms with van der Waals surface area (Å²) in [4.78, 5) is 11.2. The van der Waals surface area contributed by atoms with Crippen molar-refractivity contribution >= 4 is 51.7 Å². The van der Waals surface area contributed by atoms with Crippen molar-refractivity contribution in [2.24, 2.45) is 0 Å². The Bertz CT molecular complexity index is 619. The van der Waals surface area contributed by atoms with E-state index in [9.17, 15) is 4.79 Å². The van der Waals surface area contributed by atoms with Crippen molar-refractivity contribution < 1.29 is 9.90 Å². The minimum Gasteiger partial charge on any atom is -0.478 e. The maximum absolute atomic E-state index is 11.2. The number of aromatic carboxylic acids is 1. The predicted molar refractivity (Wildman–Crippen MR) is 69.6 cm³/mol. The van der Waals surface area contributed by atoms with Crippen LogP contribution in [0, 0.1) is 0 Å². The van der Waals surface area contributed by atoms with E-state index in [1.165, 1.54) is 0 Å². The van der Waals surface area contributed by atoms with Crippen molar-refractivity contribution in [3.63, 3.8) is 0 Å². The second-order valence-electron chi connectivity index (χ2n) is 3.47. The molecule has 0 saturated carbocycles. The van der Waals surface area contributed by atoms with E-state index in [0.717, 1.165) is 0 Å². The number of carboxylic acids is 1. The molecule has 0 atom stereocenters. The second-order valence-corrected chi connectivity index (χ2v) is 4.62. The van der Waals surface area contributed by atoms with Gasteiger partial charge in [-0.25, -0.2) is 4.79 Å². The van der Waals surface area contributed by atoms with Crippen LogP contribution in [0.4, 0.5) is 0 Å². The highest BCUT2D eigenvalue weighted by Crippen LogP contribution is 2.37. The summed E-state index contributed by atoms with van der Waals surface area (Å²) in [5.41, 5.74) is 0.617. The van der Waals surface area contributed by atoms with Gasteiger partial charge >= 0.3 is 5.97 Å². The molecule has 1 aromatic heterocycles. The van der Waals surface area contributed by atoms with Gasteiger partial charge in [0.1, 0.15) is 10.7 Å². The normalized spacial score (nSPS) is 11.1. The van der Waals surface area contributed by atoms with Crippen LogP contribution in [0.15, 0.2) is 12.1 Å². The lowest BCUT2D eigenvalue weighted by atomic mass is 10.2. The summed E-state index contributed by atoms with van der Waals surface area (Å²) in [7, 11) is 0. The average Bonchev–Trinajstić information content (AvgIpc) is 2.56. The molecule has 17 heavy (non-hydrogen) atoms. The minimum absolute atomic E-state index is 0.0575. The van der Waals surface area contributed by atoms with E-state index < -0.39 is 5.97 Å². The van der Waals surface area contributed by atoms with Crippen molar-refractivity contribution in [2.75, 3.05) is 0 Å². The first-order chi connectivity index (χ1) is 7.99.